The molecule has 98 valence electrons. The zero-order valence-electron chi connectivity index (χ0n) is 10.8. The second-order valence-electron chi connectivity index (χ2n) is 4.79. The Kier molecular flexibility index (Phi) is 6.67. The van der Waals surface area contributed by atoms with Gasteiger partial charge in [0.05, 0.1) is 0 Å². The SMILES string of the molecule is CN1CCCCCCNC(=O)CCCCC1=O. The molecule has 0 aromatic heterocycles. The highest BCUT2D eigenvalue weighted by molar-refractivity contribution is 5.77. The van der Waals surface area contributed by atoms with E-state index in [2.05, 4.69) is 5.32 Å². The van der Waals surface area contributed by atoms with Crippen molar-refractivity contribution in [2.45, 2.75) is 51.4 Å². The summed E-state index contributed by atoms with van der Waals surface area (Å²) in [4.78, 5) is 24.9. The summed E-state index contributed by atoms with van der Waals surface area (Å²) < 4.78 is 0. The monoisotopic (exact) mass is 240 g/mol. The van der Waals surface area contributed by atoms with Crippen molar-refractivity contribution in [2.75, 3.05) is 20.1 Å². The first kappa shape index (κ1) is 14.0. The molecule has 1 fully saturated rings. The third-order valence-electron chi connectivity index (χ3n) is 3.21. The molecule has 0 unspecified atom stereocenters. The molecule has 1 aliphatic heterocycles. The van der Waals surface area contributed by atoms with Crippen LogP contribution in [0.5, 0.6) is 0 Å². The van der Waals surface area contributed by atoms with Gasteiger partial charge in [-0.15, -0.1) is 0 Å². The fourth-order valence-electron chi connectivity index (χ4n) is 2.02. The molecule has 0 aromatic carbocycles. The van der Waals surface area contributed by atoms with Crippen LogP contribution in [0.4, 0.5) is 0 Å². The third kappa shape index (κ3) is 6.29. The summed E-state index contributed by atoms with van der Waals surface area (Å²) in [6, 6.07) is 0. The molecule has 1 saturated heterocycles. The summed E-state index contributed by atoms with van der Waals surface area (Å²) in [7, 11) is 1.88. The van der Waals surface area contributed by atoms with Crippen LogP contribution in [-0.4, -0.2) is 36.9 Å². The molecule has 0 spiro atoms. The van der Waals surface area contributed by atoms with Crippen LogP contribution in [-0.2, 0) is 9.59 Å². The van der Waals surface area contributed by atoms with E-state index in [9.17, 15) is 9.59 Å². The van der Waals surface area contributed by atoms with Gasteiger partial charge in [-0.25, -0.2) is 0 Å². The zero-order chi connectivity index (χ0) is 12.5. The lowest BCUT2D eigenvalue weighted by Gasteiger charge is -2.17. The van der Waals surface area contributed by atoms with Crippen molar-refractivity contribution in [3.63, 3.8) is 0 Å². The molecule has 0 aromatic rings. The quantitative estimate of drug-likeness (QED) is 0.700. The smallest absolute Gasteiger partial charge is 0.222 e. The zero-order valence-corrected chi connectivity index (χ0v) is 10.8. The number of nitrogens with zero attached hydrogens (tertiary/aromatic N) is 1. The van der Waals surface area contributed by atoms with Gasteiger partial charge in [0.15, 0.2) is 0 Å². The number of hydrogen-bond donors (Lipinski definition) is 1. The standard InChI is InChI=1S/C13H24N2O2/c1-15-11-7-3-2-6-10-14-12(16)8-4-5-9-13(15)17/h2-11H2,1H3,(H,14,16). The highest BCUT2D eigenvalue weighted by atomic mass is 16.2. The van der Waals surface area contributed by atoms with Gasteiger partial charge in [-0.3, -0.25) is 9.59 Å². The van der Waals surface area contributed by atoms with E-state index in [0.717, 1.165) is 51.6 Å². The van der Waals surface area contributed by atoms with Crippen LogP contribution in [0.1, 0.15) is 51.4 Å². The molecule has 1 N–H and O–H groups in total. The van der Waals surface area contributed by atoms with E-state index in [0.29, 0.717) is 12.8 Å². The Labute approximate surface area is 104 Å². The molecule has 0 radical (unpaired) electrons. The maximum Gasteiger partial charge on any atom is 0.222 e. The van der Waals surface area contributed by atoms with Crippen LogP contribution < -0.4 is 5.32 Å². The highest BCUT2D eigenvalue weighted by Gasteiger charge is 2.09. The van der Waals surface area contributed by atoms with Gasteiger partial charge in [-0.1, -0.05) is 12.8 Å². The summed E-state index contributed by atoms with van der Waals surface area (Å²) in [5.41, 5.74) is 0. The number of hydrogen-bond acceptors (Lipinski definition) is 2. The molecular weight excluding hydrogens is 216 g/mol. The number of amides is 2. The lowest BCUT2D eigenvalue weighted by molar-refractivity contribution is -0.130. The topological polar surface area (TPSA) is 49.4 Å². The second kappa shape index (κ2) is 8.09. The Hall–Kier alpha value is -1.06. The first-order chi connectivity index (χ1) is 8.20. The van der Waals surface area contributed by atoms with Gasteiger partial charge >= 0.3 is 0 Å². The minimum absolute atomic E-state index is 0.128. The van der Waals surface area contributed by atoms with E-state index in [-0.39, 0.29) is 11.8 Å². The predicted molar refractivity (Wildman–Crippen MR) is 67.6 cm³/mol. The first-order valence-corrected chi connectivity index (χ1v) is 6.71. The average molecular weight is 240 g/mol. The molecule has 2 amide bonds. The lowest BCUT2D eigenvalue weighted by atomic mass is 10.1. The molecular formula is C13H24N2O2. The summed E-state index contributed by atoms with van der Waals surface area (Å²) in [5, 5.41) is 2.92. The van der Waals surface area contributed by atoms with Crippen molar-refractivity contribution in [1.82, 2.24) is 10.2 Å². The Balaban J connectivity index is 2.34. The maximum absolute atomic E-state index is 11.7. The number of carbonyl (C=O) groups excluding carboxylic acids is 2. The van der Waals surface area contributed by atoms with Gasteiger partial charge in [0.1, 0.15) is 0 Å². The minimum Gasteiger partial charge on any atom is -0.356 e. The van der Waals surface area contributed by atoms with E-state index in [1.54, 1.807) is 0 Å². The molecule has 0 saturated carbocycles. The van der Waals surface area contributed by atoms with E-state index in [1.807, 2.05) is 11.9 Å². The van der Waals surface area contributed by atoms with Gasteiger partial charge in [-0.2, -0.15) is 0 Å². The number of carbonyl (C=O) groups is 2. The third-order valence-corrected chi connectivity index (χ3v) is 3.21. The maximum atomic E-state index is 11.7. The van der Waals surface area contributed by atoms with Gasteiger partial charge in [-0.05, 0) is 25.7 Å². The minimum atomic E-state index is 0.128. The molecule has 0 aliphatic carbocycles. The van der Waals surface area contributed by atoms with Crippen LogP contribution in [0, 0.1) is 0 Å². The van der Waals surface area contributed by atoms with E-state index in [1.165, 1.54) is 0 Å². The molecule has 1 aliphatic rings. The van der Waals surface area contributed by atoms with E-state index < -0.39 is 0 Å². The second-order valence-corrected chi connectivity index (χ2v) is 4.79. The molecule has 0 bridgehead atoms. The lowest BCUT2D eigenvalue weighted by Crippen LogP contribution is -2.28. The van der Waals surface area contributed by atoms with Gasteiger partial charge in [0, 0.05) is 33.0 Å². The van der Waals surface area contributed by atoms with Crippen molar-refractivity contribution in [3.8, 4) is 0 Å². The number of nitrogens with one attached hydrogen (secondary N) is 1. The van der Waals surface area contributed by atoms with Gasteiger partial charge in [0.25, 0.3) is 0 Å². The van der Waals surface area contributed by atoms with Crippen molar-refractivity contribution in [2.24, 2.45) is 0 Å². The summed E-state index contributed by atoms with van der Waals surface area (Å²) in [6.45, 7) is 1.67. The Bertz CT molecular complexity index is 254. The van der Waals surface area contributed by atoms with Gasteiger partial charge in [0.2, 0.25) is 11.8 Å². The molecule has 4 nitrogen and oxygen atoms in total. The van der Waals surface area contributed by atoms with Crippen LogP contribution in [0.25, 0.3) is 0 Å². The Morgan fingerprint density at radius 3 is 2.47 bits per heavy atom. The molecule has 0 atom stereocenters. The normalized spacial score (nSPS) is 21.8. The van der Waals surface area contributed by atoms with E-state index >= 15 is 0 Å². The highest BCUT2D eigenvalue weighted by Crippen LogP contribution is 2.06. The molecule has 1 heterocycles. The van der Waals surface area contributed by atoms with Crippen LogP contribution in [0.15, 0.2) is 0 Å². The van der Waals surface area contributed by atoms with Crippen molar-refractivity contribution in [3.05, 3.63) is 0 Å². The van der Waals surface area contributed by atoms with Crippen molar-refractivity contribution >= 4 is 11.8 Å². The molecule has 1 rings (SSSR count). The molecule has 4 heteroatoms. The number of rotatable bonds is 0. The summed E-state index contributed by atoms with van der Waals surface area (Å²) in [5.74, 6) is 0.338. The average Bonchev–Trinajstić information content (AvgIpc) is 2.32. The Morgan fingerprint density at radius 1 is 0.941 bits per heavy atom. The van der Waals surface area contributed by atoms with E-state index in [4.69, 9.17) is 0 Å². The first-order valence-electron chi connectivity index (χ1n) is 6.71. The van der Waals surface area contributed by atoms with Crippen LogP contribution in [0.2, 0.25) is 0 Å². The van der Waals surface area contributed by atoms with Crippen LogP contribution in [0.3, 0.4) is 0 Å². The fourth-order valence-corrected chi connectivity index (χ4v) is 2.02. The molecule has 17 heavy (non-hydrogen) atoms. The van der Waals surface area contributed by atoms with Crippen molar-refractivity contribution in [1.29, 1.82) is 0 Å². The largest absolute Gasteiger partial charge is 0.356 e. The van der Waals surface area contributed by atoms with Crippen LogP contribution >= 0.6 is 0 Å². The summed E-state index contributed by atoms with van der Waals surface area (Å²) >= 11 is 0. The van der Waals surface area contributed by atoms with Crippen molar-refractivity contribution < 1.29 is 9.59 Å². The Morgan fingerprint density at radius 2 is 1.65 bits per heavy atom. The fraction of sp³-hybridized carbons (Fsp3) is 0.846. The summed E-state index contributed by atoms with van der Waals surface area (Å²) in [6.07, 6.45) is 7.12. The predicted octanol–water partition coefficient (Wildman–Crippen LogP) is 1.70. The van der Waals surface area contributed by atoms with Gasteiger partial charge < -0.3 is 10.2 Å².